The van der Waals surface area contributed by atoms with Gasteiger partial charge in [0.05, 0.1) is 19.6 Å². The van der Waals surface area contributed by atoms with E-state index in [4.69, 9.17) is 17.2 Å². The van der Waals surface area contributed by atoms with E-state index in [1.54, 1.807) is 12.1 Å². The van der Waals surface area contributed by atoms with Gasteiger partial charge in [-0.25, -0.2) is 0 Å². The number of hydrogen-bond donors (Lipinski definition) is 13. The van der Waals surface area contributed by atoms with E-state index in [0.717, 1.165) is 17.7 Å². The standard InChI is InChI=1S/C38H57N9O12/c1-21(38(58)59)42-35(55)29(18-31(50)51)46-34(54)27(11-5-7-15-40)43-33(53)26(10-4-6-14-39)44-36(56)28(17-22-12-13-23-8-2-3-9-24(23)16-22)45-37(57)30(20-49)47-32(52)25(41)19-48/h2-3,8-9,12-13,16,21,25-30,48-49H,4-7,10-11,14-15,17-20,39-41H2,1H3,(H,42,55)(H,43,53)(H,44,56)(H,45,57)(H,46,54)(H,47,52)(H,50,51)(H,58,59)/t21-,25-,26-,27-,28-,29-,30-/m0/s1. The zero-order valence-electron chi connectivity index (χ0n) is 32.9. The molecule has 0 aromatic heterocycles. The van der Waals surface area contributed by atoms with Crippen LogP contribution in [-0.4, -0.2) is 136 Å². The molecule has 0 fully saturated rings. The number of benzene rings is 2. The van der Waals surface area contributed by atoms with Crippen molar-refractivity contribution in [2.24, 2.45) is 17.2 Å². The Morgan fingerprint density at radius 1 is 0.576 bits per heavy atom. The molecule has 0 saturated heterocycles. The molecule has 326 valence electrons. The number of nitrogens with one attached hydrogen (secondary N) is 6. The Hall–Kier alpha value is -5.74. The first-order valence-electron chi connectivity index (χ1n) is 19.2. The van der Waals surface area contributed by atoms with Crippen LogP contribution in [0.1, 0.15) is 57.4 Å². The molecule has 0 saturated carbocycles. The first-order chi connectivity index (χ1) is 28.0. The van der Waals surface area contributed by atoms with E-state index in [0.29, 0.717) is 31.2 Å². The van der Waals surface area contributed by atoms with Gasteiger partial charge in [-0.1, -0.05) is 42.5 Å². The van der Waals surface area contributed by atoms with Crippen LogP contribution in [0.5, 0.6) is 0 Å². The largest absolute Gasteiger partial charge is 0.481 e. The number of unbranched alkanes of at least 4 members (excludes halogenated alkanes) is 2. The molecule has 2 aromatic rings. The molecule has 16 N–H and O–H groups in total. The van der Waals surface area contributed by atoms with Crippen molar-refractivity contribution in [3.8, 4) is 0 Å². The minimum absolute atomic E-state index is 0.00798. The molecule has 0 aliphatic rings. The lowest BCUT2D eigenvalue weighted by Crippen LogP contribution is -2.60. The maximum absolute atomic E-state index is 14.1. The van der Waals surface area contributed by atoms with E-state index in [1.807, 2.05) is 30.3 Å². The summed E-state index contributed by atoms with van der Waals surface area (Å²) >= 11 is 0. The van der Waals surface area contributed by atoms with Crippen molar-refractivity contribution in [3.63, 3.8) is 0 Å². The zero-order chi connectivity index (χ0) is 44.1. The van der Waals surface area contributed by atoms with Crippen LogP contribution in [0, 0.1) is 0 Å². The summed E-state index contributed by atoms with van der Waals surface area (Å²) in [6.07, 6.45) is 0.427. The topological polar surface area (TPSA) is 368 Å². The van der Waals surface area contributed by atoms with Crippen molar-refractivity contribution < 1.29 is 58.8 Å². The Bertz CT molecular complexity index is 1760. The zero-order valence-corrected chi connectivity index (χ0v) is 32.9. The minimum atomic E-state index is -1.72. The van der Waals surface area contributed by atoms with Gasteiger partial charge in [0.25, 0.3) is 0 Å². The Labute approximate surface area is 340 Å². The predicted molar refractivity (Wildman–Crippen MR) is 213 cm³/mol. The highest BCUT2D eigenvalue weighted by atomic mass is 16.4. The summed E-state index contributed by atoms with van der Waals surface area (Å²) in [5.74, 6) is -8.57. The smallest absolute Gasteiger partial charge is 0.325 e. The van der Waals surface area contributed by atoms with Crippen molar-refractivity contribution in [3.05, 3.63) is 48.0 Å². The average Bonchev–Trinajstić information content (AvgIpc) is 3.20. The molecular formula is C38H57N9O12. The third kappa shape index (κ3) is 16.9. The predicted octanol–water partition coefficient (Wildman–Crippen LogP) is -3.56. The van der Waals surface area contributed by atoms with Gasteiger partial charge in [0.1, 0.15) is 42.3 Å². The summed E-state index contributed by atoms with van der Waals surface area (Å²) in [4.78, 5) is 103. The number of aliphatic carboxylic acids is 2. The molecule has 2 rings (SSSR count). The molecule has 21 heteroatoms. The van der Waals surface area contributed by atoms with E-state index in [1.165, 1.54) is 0 Å². The number of carbonyl (C=O) groups excluding carboxylic acids is 6. The molecule has 7 atom stereocenters. The van der Waals surface area contributed by atoms with Crippen LogP contribution >= 0.6 is 0 Å². The Balaban J connectivity index is 2.44. The second-order valence-electron chi connectivity index (χ2n) is 13.9. The molecular weight excluding hydrogens is 774 g/mol. The van der Waals surface area contributed by atoms with Crippen molar-refractivity contribution >= 4 is 58.2 Å². The van der Waals surface area contributed by atoms with Gasteiger partial charge in [0, 0.05) is 6.42 Å². The summed E-state index contributed by atoms with van der Waals surface area (Å²) < 4.78 is 0. The Morgan fingerprint density at radius 3 is 1.56 bits per heavy atom. The average molecular weight is 832 g/mol. The lowest BCUT2D eigenvalue weighted by molar-refractivity contribution is -0.143. The maximum atomic E-state index is 14.1. The lowest BCUT2D eigenvalue weighted by atomic mass is 10.00. The van der Waals surface area contributed by atoms with Gasteiger partial charge in [0.2, 0.25) is 35.4 Å². The van der Waals surface area contributed by atoms with Crippen LogP contribution in [-0.2, 0) is 44.8 Å². The highest BCUT2D eigenvalue weighted by Gasteiger charge is 2.34. The van der Waals surface area contributed by atoms with E-state index in [-0.39, 0.29) is 32.4 Å². The van der Waals surface area contributed by atoms with Gasteiger partial charge in [-0.15, -0.1) is 0 Å². The quantitative estimate of drug-likeness (QED) is 0.0388. The molecule has 59 heavy (non-hydrogen) atoms. The van der Waals surface area contributed by atoms with Gasteiger partial charge in [-0.3, -0.25) is 38.4 Å². The molecule has 0 spiro atoms. The van der Waals surface area contributed by atoms with Crippen molar-refractivity contribution in [2.75, 3.05) is 26.3 Å². The molecule has 2 aromatic carbocycles. The number of aliphatic hydroxyl groups is 2. The van der Waals surface area contributed by atoms with E-state index in [9.17, 15) is 58.8 Å². The number of carboxylic acids is 2. The van der Waals surface area contributed by atoms with E-state index in [2.05, 4.69) is 31.9 Å². The molecule has 21 nitrogen and oxygen atoms in total. The third-order valence-corrected chi connectivity index (χ3v) is 9.14. The molecule has 0 radical (unpaired) electrons. The van der Waals surface area contributed by atoms with Crippen LogP contribution in [0.3, 0.4) is 0 Å². The number of carboxylic acid groups (broad SMARTS) is 2. The molecule has 0 unspecified atom stereocenters. The van der Waals surface area contributed by atoms with Crippen LogP contribution in [0.4, 0.5) is 0 Å². The van der Waals surface area contributed by atoms with Crippen molar-refractivity contribution in [2.45, 2.75) is 101 Å². The second-order valence-corrected chi connectivity index (χ2v) is 13.9. The number of rotatable bonds is 27. The molecule has 0 aliphatic heterocycles. The number of aliphatic hydroxyl groups excluding tert-OH is 2. The Kier molecular flexibility index (Phi) is 21.4. The van der Waals surface area contributed by atoms with E-state index >= 15 is 0 Å². The summed E-state index contributed by atoms with van der Waals surface area (Å²) in [6.45, 7) is -0.0206. The molecule has 0 bridgehead atoms. The molecule has 6 amide bonds. The normalized spacial score (nSPS) is 14.6. The monoisotopic (exact) mass is 831 g/mol. The Morgan fingerprint density at radius 2 is 1.05 bits per heavy atom. The minimum Gasteiger partial charge on any atom is -0.481 e. The van der Waals surface area contributed by atoms with Gasteiger partial charge in [-0.05, 0) is 74.9 Å². The van der Waals surface area contributed by atoms with Crippen LogP contribution in [0.15, 0.2) is 42.5 Å². The summed E-state index contributed by atoms with van der Waals surface area (Å²) in [7, 11) is 0. The van der Waals surface area contributed by atoms with Gasteiger partial charge < -0.3 is 69.5 Å². The lowest BCUT2D eigenvalue weighted by Gasteiger charge is -2.27. The first-order valence-corrected chi connectivity index (χ1v) is 19.2. The SMILES string of the molecule is C[C@H](NC(=O)[C@H](CC(=O)O)NC(=O)[C@H](CCCCN)NC(=O)[C@H](CCCCN)NC(=O)[C@H](Cc1ccc2ccccc2c1)NC(=O)[C@H](CO)NC(=O)[C@@H](N)CO)C(=O)O. The number of nitrogens with two attached hydrogens (primary N) is 3. The highest BCUT2D eigenvalue weighted by molar-refractivity contribution is 5.98. The number of amides is 6. The number of hydrogen-bond acceptors (Lipinski definition) is 13. The number of fused-ring (bicyclic) bond motifs is 1. The van der Waals surface area contributed by atoms with E-state index < -0.39 is 109 Å². The highest BCUT2D eigenvalue weighted by Crippen LogP contribution is 2.17. The fourth-order valence-corrected chi connectivity index (χ4v) is 5.74. The summed E-state index contributed by atoms with van der Waals surface area (Å²) in [6, 6.07) is 2.50. The fraction of sp³-hybridized carbons (Fsp3) is 0.526. The fourth-order valence-electron chi connectivity index (χ4n) is 5.74. The van der Waals surface area contributed by atoms with Gasteiger partial charge >= 0.3 is 11.9 Å². The van der Waals surface area contributed by atoms with Crippen LogP contribution < -0.4 is 49.1 Å². The van der Waals surface area contributed by atoms with Crippen LogP contribution in [0.2, 0.25) is 0 Å². The summed E-state index contributed by atoms with van der Waals surface area (Å²) in [5, 5.41) is 53.8. The second kappa shape index (κ2) is 25.6. The third-order valence-electron chi connectivity index (χ3n) is 9.14. The first kappa shape index (κ1) is 49.4. The molecule has 0 heterocycles. The van der Waals surface area contributed by atoms with Gasteiger partial charge in [-0.2, -0.15) is 0 Å². The van der Waals surface area contributed by atoms with Gasteiger partial charge in [0.15, 0.2) is 0 Å². The summed E-state index contributed by atoms with van der Waals surface area (Å²) in [5.41, 5.74) is 17.5. The molecule has 0 aliphatic carbocycles. The maximum Gasteiger partial charge on any atom is 0.325 e. The number of carbonyl (C=O) groups is 8. The van der Waals surface area contributed by atoms with Crippen LogP contribution in [0.25, 0.3) is 10.8 Å². The van der Waals surface area contributed by atoms with Crippen molar-refractivity contribution in [1.82, 2.24) is 31.9 Å². The van der Waals surface area contributed by atoms with Crippen molar-refractivity contribution in [1.29, 1.82) is 0 Å².